The minimum Gasteiger partial charge on any atom is -0.284 e. The lowest BCUT2D eigenvalue weighted by atomic mass is 10.2. The van der Waals surface area contributed by atoms with Crippen LogP contribution in [0.5, 0.6) is 0 Å². The number of hydrogen-bond acceptors (Lipinski definition) is 5. The van der Waals surface area contributed by atoms with E-state index in [-0.39, 0.29) is 29.7 Å². The molecule has 0 aliphatic rings. The van der Waals surface area contributed by atoms with E-state index in [9.17, 15) is 144 Å². The third-order valence-electron chi connectivity index (χ3n) is 3.08. The Hall–Kier alpha value is -1.86. The molecule has 0 amide bonds. The Bertz CT molecular complexity index is 1000. The van der Waals surface area contributed by atoms with Crippen molar-refractivity contribution in [1.82, 2.24) is 0 Å². The average molecular weight is 1080 g/mol. The van der Waals surface area contributed by atoms with E-state index in [1.165, 1.54) is 0 Å². The molecule has 0 bridgehead atoms. The predicted molar refractivity (Wildman–Crippen MR) is 153 cm³/mol. The Balaban J connectivity index is -0.0000000512. The first-order valence-corrected chi connectivity index (χ1v) is 13.3. The number of halogens is 32. The quantitative estimate of drug-likeness (QED) is 0.111. The maximum absolute atomic E-state index is 13.1. The van der Waals surface area contributed by atoms with Gasteiger partial charge in [-0.1, -0.05) is 33.6 Å². The second-order valence-electron chi connectivity index (χ2n) is 6.89. The molecular formula is C22H36BrF31O5S. The summed E-state index contributed by atoms with van der Waals surface area (Å²) in [4.78, 5) is -5.63. The smallest absolute Gasteiger partial charge is 0.284 e. The highest BCUT2D eigenvalue weighted by Gasteiger charge is 2.80. The largest absolute Gasteiger partial charge is 0.458 e. The fraction of sp³-hybridized carbons (Fsp3) is 1.00. The highest BCUT2D eigenvalue weighted by atomic mass is 79.9. The molecule has 0 N–H and O–H groups in total. The molecule has 5 nitrogen and oxygen atoms in total. The molecule has 0 aliphatic carbocycles. The summed E-state index contributed by atoms with van der Waals surface area (Å²) in [5.74, 6) is -16.6. The van der Waals surface area contributed by atoms with Crippen LogP contribution in [0, 0.1) is 0 Å². The molecule has 1 atom stereocenters. The first-order chi connectivity index (χ1) is 24.5. The Labute approximate surface area is 329 Å². The molecule has 0 fully saturated rings. The molecule has 0 aromatic carbocycles. The molecule has 0 spiro atoms. The molecule has 0 aliphatic heterocycles. The SMILES string of the molecule is C.C.C.C.CC(F)(F)CF.CF.FCF.FCF.FCF.FCF.FCOC(F)(F)C(F)(OC(F)(F)C(F)(F)Br)C(F)(F)F.O=S(=O)(F)C(F)(F)C(F)(F)C(F)(F)OCF. The zero-order valence-electron chi connectivity index (χ0n) is 26.0. The summed E-state index contributed by atoms with van der Waals surface area (Å²) in [6, 6.07) is 0. The van der Waals surface area contributed by atoms with Crippen molar-refractivity contribution >= 4 is 26.2 Å². The molecule has 0 saturated carbocycles. The van der Waals surface area contributed by atoms with Crippen LogP contribution >= 0.6 is 15.9 Å². The average Bonchev–Trinajstić information content (AvgIpc) is 2.98. The third kappa shape index (κ3) is 35.7. The van der Waals surface area contributed by atoms with Gasteiger partial charge in [0.05, 0.1) is 7.18 Å². The lowest BCUT2D eigenvalue weighted by molar-refractivity contribution is -0.513. The van der Waals surface area contributed by atoms with Crippen LogP contribution in [0.3, 0.4) is 0 Å². The minimum absolute atomic E-state index is 0. The molecule has 0 aromatic heterocycles. The highest BCUT2D eigenvalue weighted by Crippen LogP contribution is 2.53. The van der Waals surface area contributed by atoms with E-state index < -0.39 is 111 Å². The lowest BCUT2D eigenvalue weighted by Crippen LogP contribution is -2.62. The maximum Gasteiger partial charge on any atom is 0.458 e. The van der Waals surface area contributed by atoms with Crippen LogP contribution < -0.4 is 0 Å². The number of rotatable bonds is 12. The standard InChI is InChI=1S/C6H2BrF11O2.C4H2F8O3S.C3H5F3.4CH2F2.CH3F.4CH4/c7-3(10,11)6(17,18)20-2(9,4(12,13)14)5(15,16)19-1-8;5-1-15-3(8,9)2(6,7)4(10,11)16(12,13)14;1-3(5,6)2-4;4*2-1-3;1-2;;;;/h1H2;1H2;2H2,1H3;4*1H2;1H3;4*1H4. The molecule has 38 heteroatoms. The second kappa shape index (κ2) is 38.8. The lowest BCUT2D eigenvalue weighted by Gasteiger charge is -2.36. The molecule has 60 heavy (non-hydrogen) atoms. The first kappa shape index (κ1) is 89.2. The Morgan fingerprint density at radius 2 is 0.700 bits per heavy atom. The van der Waals surface area contributed by atoms with Crippen molar-refractivity contribution in [3.63, 3.8) is 0 Å². The molecular weight excluding hydrogens is 1050 g/mol. The molecule has 0 rings (SSSR count). The van der Waals surface area contributed by atoms with E-state index in [4.69, 9.17) is 0 Å². The van der Waals surface area contributed by atoms with Gasteiger partial charge in [-0.05, 0) is 0 Å². The first-order valence-electron chi connectivity index (χ1n) is 11.1. The third-order valence-corrected chi connectivity index (χ3v) is 4.41. The van der Waals surface area contributed by atoms with Gasteiger partial charge in [0, 0.05) is 22.9 Å². The van der Waals surface area contributed by atoms with Gasteiger partial charge < -0.3 is 0 Å². The van der Waals surface area contributed by atoms with Crippen molar-refractivity contribution in [2.45, 2.75) is 88.9 Å². The monoisotopic (exact) mass is 1080 g/mol. The van der Waals surface area contributed by atoms with Crippen molar-refractivity contribution in [2.75, 3.05) is 55.3 Å². The van der Waals surface area contributed by atoms with Gasteiger partial charge in [0.15, 0.2) is 20.4 Å². The summed E-state index contributed by atoms with van der Waals surface area (Å²) in [6.07, 6.45) is -25.9. The Kier molecular flexibility index (Phi) is 57.6. The van der Waals surface area contributed by atoms with E-state index in [1.54, 1.807) is 0 Å². The summed E-state index contributed by atoms with van der Waals surface area (Å²) in [5.41, 5.74) is 0. The maximum atomic E-state index is 13.1. The normalized spacial score (nSPS) is 12.6. The van der Waals surface area contributed by atoms with E-state index >= 15 is 0 Å². The van der Waals surface area contributed by atoms with Gasteiger partial charge in [-0.25, -0.2) is 57.1 Å². The van der Waals surface area contributed by atoms with Crippen molar-refractivity contribution in [3.8, 4) is 0 Å². The van der Waals surface area contributed by atoms with E-state index in [0.29, 0.717) is 14.1 Å². The highest BCUT2D eigenvalue weighted by molar-refractivity contribution is 9.10. The fourth-order valence-electron chi connectivity index (χ4n) is 1.16. The van der Waals surface area contributed by atoms with Crippen LogP contribution in [0.1, 0.15) is 36.6 Å². The fourth-order valence-corrected chi connectivity index (χ4v) is 1.67. The number of alkyl halides is 31. The van der Waals surface area contributed by atoms with E-state index in [0.717, 1.165) is 15.9 Å². The van der Waals surface area contributed by atoms with Crippen LogP contribution in [0.15, 0.2) is 0 Å². The van der Waals surface area contributed by atoms with Crippen LogP contribution in [-0.4, -0.2) is 116 Å². The minimum atomic E-state index is -7.33. The topological polar surface area (TPSA) is 61.8 Å². The van der Waals surface area contributed by atoms with Gasteiger partial charge in [0.25, 0.3) is 5.92 Å². The van der Waals surface area contributed by atoms with Gasteiger partial charge in [-0.15, -0.1) is 0 Å². The van der Waals surface area contributed by atoms with Crippen LogP contribution in [0.25, 0.3) is 0 Å². The van der Waals surface area contributed by atoms with Gasteiger partial charge in [0.2, 0.25) is 27.7 Å². The summed E-state index contributed by atoms with van der Waals surface area (Å²) in [6.45, 7) is -13.4. The summed E-state index contributed by atoms with van der Waals surface area (Å²) in [7, 11) is -6.83. The van der Waals surface area contributed by atoms with E-state index in [2.05, 4.69) is 9.47 Å². The van der Waals surface area contributed by atoms with Gasteiger partial charge in [-0.2, -0.15) is 78.7 Å². The van der Waals surface area contributed by atoms with Crippen LogP contribution in [-0.2, 0) is 24.4 Å². The summed E-state index contributed by atoms with van der Waals surface area (Å²) in [5, 5.41) is -6.75. The summed E-state index contributed by atoms with van der Waals surface area (Å²) >= 11 is 0.823. The Morgan fingerprint density at radius 3 is 0.850 bits per heavy atom. The zero-order valence-corrected chi connectivity index (χ0v) is 28.4. The second-order valence-corrected chi connectivity index (χ2v) is 9.27. The van der Waals surface area contributed by atoms with Gasteiger partial charge in [0.1, 0.15) is 0 Å². The van der Waals surface area contributed by atoms with Gasteiger partial charge in [-0.3, -0.25) is 18.6 Å². The zero-order chi connectivity index (χ0) is 48.1. The van der Waals surface area contributed by atoms with E-state index in [1.807, 2.05) is 4.74 Å². The van der Waals surface area contributed by atoms with Crippen molar-refractivity contribution in [1.29, 1.82) is 0 Å². The Morgan fingerprint density at radius 1 is 0.483 bits per heavy atom. The molecule has 0 radical (unpaired) electrons. The van der Waals surface area contributed by atoms with Gasteiger partial charge >= 0.3 is 56.6 Å². The molecule has 384 valence electrons. The molecule has 0 heterocycles. The van der Waals surface area contributed by atoms with Crippen molar-refractivity contribution in [3.05, 3.63) is 0 Å². The number of ether oxygens (including phenoxy) is 3. The number of hydrogen-bond donors (Lipinski definition) is 0. The van der Waals surface area contributed by atoms with Crippen LogP contribution in [0.2, 0.25) is 0 Å². The summed E-state index contributed by atoms with van der Waals surface area (Å²) < 4.78 is 376. The predicted octanol–water partition coefficient (Wildman–Crippen LogP) is 14.7. The molecule has 1 unspecified atom stereocenters. The van der Waals surface area contributed by atoms with Crippen LogP contribution in [0.4, 0.5) is 136 Å². The molecule has 0 saturated heterocycles. The van der Waals surface area contributed by atoms with Crippen molar-refractivity contribution < 1.29 is 158 Å². The van der Waals surface area contributed by atoms with Crippen molar-refractivity contribution in [2.24, 2.45) is 0 Å². The molecule has 0 aromatic rings.